The minimum Gasteiger partial charge on any atom is -0.550 e. The van der Waals surface area contributed by atoms with E-state index in [1.54, 1.807) is 6.92 Å². The summed E-state index contributed by atoms with van der Waals surface area (Å²) in [4.78, 5) is 35.7. The van der Waals surface area contributed by atoms with Crippen LogP contribution in [0.25, 0.3) is 0 Å². The van der Waals surface area contributed by atoms with Crippen molar-refractivity contribution in [1.82, 2.24) is 0 Å². The van der Waals surface area contributed by atoms with Gasteiger partial charge in [-0.05, 0) is 51.4 Å². The summed E-state index contributed by atoms with van der Waals surface area (Å²) >= 11 is 0. The fourth-order valence-corrected chi connectivity index (χ4v) is 5.36. The second kappa shape index (κ2) is 22.0. The Kier molecular flexibility index (Phi) is 20.9. The summed E-state index contributed by atoms with van der Waals surface area (Å²) in [6.07, 6.45) is 19.7. The monoisotopic (exact) mass is 539 g/mol. The zero-order chi connectivity index (χ0) is 28.8. The molecular formula is C31H57NO6. The smallest absolute Gasteiger partial charge is 0.312 e. The highest BCUT2D eigenvalue weighted by molar-refractivity contribution is 5.70. The zero-order valence-electron chi connectivity index (χ0n) is 24.8. The molecule has 0 aromatic carbocycles. The Morgan fingerprint density at radius 1 is 0.632 bits per heavy atom. The number of rotatable bonds is 26. The van der Waals surface area contributed by atoms with Crippen LogP contribution in [0.1, 0.15) is 124 Å². The lowest BCUT2D eigenvalue weighted by Gasteiger charge is -2.44. The molecule has 0 saturated heterocycles. The van der Waals surface area contributed by atoms with Crippen molar-refractivity contribution in [2.75, 3.05) is 26.2 Å². The van der Waals surface area contributed by atoms with Crippen molar-refractivity contribution in [2.45, 2.75) is 124 Å². The molecule has 0 radical (unpaired) electrons. The third kappa shape index (κ3) is 16.2. The normalized spacial score (nSPS) is 15.7. The van der Waals surface area contributed by atoms with Gasteiger partial charge in [-0.25, -0.2) is 0 Å². The molecular weight excluding hydrogens is 482 g/mol. The van der Waals surface area contributed by atoms with E-state index in [1.165, 1.54) is 51.4 Å². The number of carbonyl (C=O) groups excluding carboxylic acids is 1. The number of carboxylic acids is 3. The van der Waals surface area contributed by atoms with E-state index in [-0.39, 0.29) is 24.1 Å². The standard InChI is InChI=1S/C31H57NO6/c1-5-9-10-11-12-13-14-15-16-17-18-19-20-21-22-32(23-26(6-2)29(33)34,24-27(7-3)30(35)36)25-28(8-4)31(37)38/h11-12,26-28H,5-10,13-25H2,1-4H3,(H2-,33,34,35,36,37,38)/b12-11+. The Hall–Kier alpha value is -1.89. The van der Waals surface area contributed by atoms with Gasteiger partial charge in [0.1, 0.15) is 11.8 Å². The molecule has 0 aliphatic rings. The number of quaternary nitrogens is 1. The lowest BCUT2D eigenvalue weighted by molar-refractivity contribution is -0.935. The summed E-state index contributed by atoms with van der Waals surface area (Å²) in [5.41, 5.74) is 0. The molecule has 0 aromatic rings. The molecule has 222 valence electrons. The molecule has 3 unspecified atom stereocenters. The van der Waals surface area contributed by atoms with Gasteiger partial charge in [0.2, 0.25) is 0 Å². The van der Waals surface area contributed by atoms with Gasteiger partial charge in [-0.15, -0.1) is 0 Å². The average molecular weight is 540 g/mol. The number of unbranched alkanes of at least 4 members (excludes halogenated alkanes) is 10. The molecule has 2 N–H and O–H groups in total. The summed E-state index contributed by atoms with van der Waals surface area (Å²) in [6, 6.07) is 0. The first-order chi connectivity index (χ1) is 18.2. The summed E-state index contributed by atoms with van der Waals surface area (Å²) in [7, 11) is 0. The topological polar surface area (TPSA) is 115 Å². The Morgan fingerprint density at radius 2 is 1.03 bits per heavy atom. The van der Waals surface area contributed by atoms with Crippen molar-refractivity contribution in [3.63, 3.8) is 0 Å². The summed E-state index contributed by atoms with van der Waals surface area (Å²) < 4.78 is 0.216. The number of allylic oxidation sites excluding steroid dienone is 2. The second-order valence-electron chi connectivity index (χ2n) is 11.2. The number of carboxylic acid groups (broad SMARTS) is 3. The van der Waals surface area contributed by atoms with E-state index in [0.717, 1.165) is 25.7 Å². The molecule has 0 amide bonds. The van der Waals surface area contributed by atoms with Gasteiger partial charge in [-0.3, -0.25) is 9.59 Å². The van der Waals surface area contributed by atoms with Crippen LogP contribution in [0.2, 0.25) is 0 Å². The molecule has 0 aliphatic heterocycles. The van der Waals surface area contributed by atoms with Crippen molar-refractivity contribution in [3.8, 4) is 0 Å². The number of aliphatic carboxylic acids is 3. The van der Waals surface area contributed by atoms with Gasteiger partial charge in [0.05, 0.1) is 32.1 Å². The predicted molar refractivity (Wildman–Crippen MR) is 152 cm³/mol. The van der Waals surface area contributed by atoms with Crippen LogP contribution in [0, 0.1) is 17.8 Å². The van der Waals surface area contributed by atoms with E-state index in [9.17, 15) is 29.7 Å². The van der Waals surface area contributed by atoms with E-state index in [1.807, 2.05) is 13.8 Å². The Labute approximate surface area is 232 Å². The number of nitrogens with zero attached hydrogens (tertiary/aromatic N) is 1. The van der Waals surface area contributed by atoms with Crippen LogP contribution in [-0.4, -0.2) is 58.8 Å². The molecule has 0 aromatic heterocycles. The van der Waals surface area contributed by atoms with Crippen molar-refractivity contribution >= 4 is 17.9 Å². The first-order valence-corrected chi connectivity index (χ1v) is 15.3. The van der Waals surface area contributed by atoms with E-state index < -0.39 is 35.7 Å². The zero-order valence-corrected chi connectivity index (χ0v) is 24.8. The molecule has 0 saturated carbocycles. The van der Waals surface area contributed by atoms with E-state index >= 15 is 0 Å². The van der Waals surface area contributed by atoms with Crippen molar-refractivity contribution in [3.05, 3.63) is 12.2 Å². The highest BCUT2D eigenvalue weighted by atomic mass is 16.4. The maximum absolute atomic E-state index is 11.9. The highest BCUT2D eigenvalue weighted by Gasteiger charge is 2.39. The summed E-state index contributed by atoms with van der Waals surface area (Å²) in [5, 5.41) is 31.4. The molecule has 0 rings (SSSR count). The maximum Gasteiger partial charge on any atom is 0.312 e. The fourth-order valence-electron chi connectivity index (χ4n) is 5.36. The predicted octanol–water partition coefficient (Wildman–Crippen LogP) is 6.06. The molecule has 38 heavy (non-hydrogen) atoms. The van der Waals surface area contributed by atoms with Gasteiger partial charge >= 0.3 is 11.9 Å². The first-order valence-electron chi connectivity index (χ1n) is 15.3. The Morgan fingerprint density at radius 3 is 1.42 bits per heavy atom. The minimum absolute atomic E-state index is 0.216. The Bertz CT molecular complexity index is 617. The molecule has 3 atom stereocenters. The largest absolute Gasteiger partial charge is 0.550 e. The lowest BCUT2D eigenvalue weighted by Crippen LogP contribution is -2.59. The molecule has 0 heterocycles. The lowest BCUT2D eigenvalue weighted by atomic mass is 9.95. The van der Waals surface area contributed by atoms with Gasteiger partial charge in [0.15, 0.2) is 0 Å². The fraction of sp³-hybridized carbons (Fsp3) is 0.839. The van der Waals surface area contributed by atoms with Crippen LogP contribution < -0.4 is 5.11 Å². The SMILES string of the molecule is CCCC/C=C/CCCCCCCCCC[N+](CC(CC)C(=O)[O-])(CC(CC)C(=O)O)CC(CC)C(=O)O. The van der Waals surface area contributed by atoms with Crippen molar-refractivity contribution in [2.24, 2.45) is 17.8 Å². The minimum atomic E-state index is -1.14. The number of hydrogen-bond acceptors (Lipinski definition) is 4. The van der Waals surface area contributed by atoms with E-state index in [0.29, 0.717) is 25.8 Å². The quantitative estimate of drug-likeness (QED) is 0.0784. The Balaban J connectivity index is 5.04. The summed E-state index contributed by atoms with van der Waals surface area (Å²) in [5.74, 6) is -4.95. The number of carbonyl (C=O) groups is 3. The van der Waals surface area contributed by atoms with Gasteiger partial charge in [-0.1, -0.05) is 84.8 Å². The van der Waals surface area contributed by atoms with Crippen LogP contribution in [0.4, 0.5) is 0 Å². The summed E-state index contributed by atoms with van der Waals surface area (Å²) in [6.45, 7) is 8.98. The second-order valence-corrected chi connectivity index (χ2v) is 11.2. The number of hydrogen-bond donors (Lipinski definition) is 2. The van der Waals surface area contributed by atoms with Crippen LogP contribution in [0.15, 0.2) is 12.2 Å². The third-order valence-corrected chi connectivity index (χ3v) is 7.98. The van der Waals surface area contributed by atoms with Gasteiger partial charge in [-0.2, -0.15) is 0 Å². The molecule has 0 aliphatic carbocycles. The van der Waals surface area contributed by atoms with Crippen LogP contribution in [0.3, 0.4) is 0 Å². The van der Waals surface area contributed by atoms with Crippen molar-refractivity contribution < 1.29 is 34.2 Å². The average Bonchev–Trinajstić information content (AvgIpc) is 2.88. The molecule has 0 spiro atoms. The maximum atomic E-state index is 11.9. The van der Waals surface area contributed by atoms with Crippen LogP contribution >= 0.6 is 0 Å². The molecule has 7 heteroatoms. The van der Waals surface area contributed by atoms with Crippen LogP contribution in [-0.2, 0) is 14.4 Å². The third-order valence-electron chi connectivity index (χ3n) is 7.98. The van der Waals surface area contributed by atoms with Gasteiger partial charge < -0.3 is 24.6 Å². The molecule has 7 nitrogen and oxygen atoms in total. The van der Waals surface area contributed by atoms with Crippen LogP contribution in [0.5, 0.6) is 0 Å². The highest BCUT2D eigenvalue weighted by Crippen LogP contribution is 2.25. The van der Waals surface area contributed by atoms with E-state index in [2.05, 4.69) is 19.1 Å². The molecule has 0 bridgehead atoms. The van der Waals surface area contributed by atoms with Gasteiger partial charge in [0, 0.05) is 5.92 Å². The van der Waals surface area contributed by atoms with Crippen molar-refractivity contribution in [1.29, 1.82) is 0 Å². The van der Waals surface area contributed by atoms with Gasteiger partial charge in [0.25, 0.3) is 0 Å². The first kappa shape index (κ1) is 36.1. The van der Waals surface area contributed by atoms with E-state index in [4.69, 9.17) is 0 Å². The molecule has 0 fully saturated rings.